The smallest absolute Gasteiger partial charge is 0.419 e. The van der Waals surface area contributed by atoms with Crippen LogP contribution in [0.2, 0.25) is 0 Å². The van der Waals surface area contributed by atoms with E-state index in [1.54, 1.807) is 4.57 Å². The number of benzene rings is 2. The fourth-order valence-corrected chi connectivity index (χ4v) is 2.65. The van der Waals surface area contributed by atoms with Crippen molar-refractivity contribution in [1.82, 2.24) is 4.57 Å². The van der Waals surface area contributed by atoms with Crippen LogP contribution in [0.5, 0.6) is 0 Å². The van der Waals surface area contributed by atoms with Crippen LogP contribution in [0.15, 0.2) is 60.7 Å². The summed E-state index contributed by atoms with van der Waals surface area (Å²) in [4.78, 5) is 12.5. The van der Waals surface area contributed by atoms with E-state index in [1.165, 1.54) is 0 Å². The highest BCUT2D eigenvalue weighted by molar-refractivity contribution is 5.90. The average molecular weight is 293 g/mol. The van der Waals surface area contributed by atoms with Crippen LogP contribution < -0.4 is 0 Å². The molecule has 0 aliphatic rings. The van der Waals surface area contributed by atoms with E-state index in [9.17, 15) is 4.79 Å². The van der Waals surface area contributed by atoms with E-state index in [-0.39, 0.29) is 12.7 Å². The number of aromatic nitrogens is 1. The Kier molecular flexibility index (Phi) is 4.24. The van der Waals surface area contributed by atoms with Gasteiger partial charge in [-0.05, 0) is 24.1 Å². The second kappa shape index (κ2) is 6.48. The predicted octanol–water partition coefficient (Wildman–Crippen LogP) is 4.78. The Labute approximate surface area is 130 Å². The van der Waals surface area contributed by atoms with Gasteiger partial charge in [0, 0.05) is 11.1 Å². The van der Waals surface area contributed by atoms with E-state index < -0.39 is 0 Å². The zero-order chi connectivity index (χ0) is 15.4. The Morgan fingerprint density at radius 1 is 1.05 bits per heavy atom. The third-order valence-electron chi connectivity index (χ3n) is 3.68. The molecule has 2 aromatic carbocycles. The molecule has 0 saturated carbocycles. The van der Waals surface area contributed by atoms with Gasteiger partial charge >= 0.3 is 6.09 Å². The molecular formula is C19H19NO2. The predicted molar refractivity (Wildman–Crippen MR) is 88.0 cm³/mol. The van der Waals surface area contributed by atoms with Crippen LogP contribution >= 0.6 is 0 Å². The molecule has 1 heterocycles. The maximum atomic E-state index is 12.5. The van der Waals surface area contributed by atoms with Crippen LogP contribution in [0.3, 0.4) is 0 Å². The standard InChI is InChI=1S/C19H19NO2/c1-2-8-17-13-16-11-6-7-12-18(16)20(17)19(21)22-14-15-9-4-3-5-10-15/h3-7,9-13H,2,8,14H2,1H3. The number of hydrogen-bond donors (Lipinski definition) is 0. The van der Waals surface area contributed by atoms with Crippen LogP contribution in [0, 0.1) is 0 Å². The molecule has 0 amide bonds. The Bertz CT molecular complexity index is 774. The van der Waals surface area contributed by atoms with Crippen LogP contribution in [-0.4, -0.2) is 10.7 Å². The first-order valence-electron chi connectivity index (χ1n) is 7.60. The number of rotatable bonds is 4. The lowest BCUT2D eigenvalue weighted by molar-refractivity contribution is 0.141. The second-order valence-corrected chi connectivity index (χ2v) is 5.32. The zero-order valence-corrected chi connectivity index (χ0v) is 12.7. The molecule has 22 heavy (non-hydrogen) atoms. The van der Waals surface area contributed by atoms with E-state index >= 15 is 0 Å². The first-order valence-corrected chi connectivity index (χ1v) is 7.60. The molecule has 0 unspecified atom stereocenters. The van der Waals surface area contributed by atoms with Crippen LogP contribution in [0.1, 0.15) is 24.6 Å². The molecule has 0 spiro atoms. The van der Waals surface area contributed by atoms with Crippen molar-refractivity contribution in [2.24, 2.45) is 0 Å². The lowest BCUT2D eigenvalue weighted by atomic mass is 10.2. The third kappa shape index (κ3) is 2.89. The molecule has 0 N–H and O–H groups in total. The molecular weight excluding hydrogens is 274 g/mol. The molecule has 0 atom stereocenters. The number of hydrogen-bond acceptors (Lipinski definition) is 2. The van der Waals surface area contributed by atoms with Crippen molar-refractivity contribution in [3.8, 4) is 0 Å². The molecule has 0 aliphatic heterocycles. The zero-order valence-electron chi connectivity index (χ0n) is 12.7. The number of para-hydroxylation sites is 1. The Morgan fingerprint density at radius 2 is 1.77 bits per heavy atom. The Balaban J connectivity index is 1.87. The molecule has 0 aliphatic carbocycles. The number of carbonyl (C=O) groups excluding carboxylic acids is 1. The van der Waals surface area contributed by atoms with Crippen molar-refractivity contribution in [2.75, 3.05) is 0 Å². The lowest BCUT2D eigenvalue weighted by Gasteiger charge is -2.10. The van der Waals surface area contributed by atoms with Crippen LogP contribution in [0.25, 0.3) is 10.9 Å². The fourth-order valence-electron chi connectivity index (χ4n) is 2.65. The summed E-state index contributed by atoms with van der Waals surface area (Å²) in [6.45, 7) is 2.40. The van der Waals surface area contributed by atoms with Crippen LogP contribution in [-0.2, 0) is 17.8 Å². The van der Waals surface area contributed by atoms with Gasteiger partial charge in [-0.25, -0.2) is 9.36 Å². The van der Waals surface area contributed by atoms with Gasteiger partial charge in [-0.1, -0.05) is 61.9 Å². The maximum absolute atomic E-state index is 12.5. The summed E-state index contributed by atoms with van der Waals surface area (Å²) >= 11 is 0. The van der Waals surface area contributed by atoms with E-state index in [1.807, 2.05) is 54.6 Å². The number of aryl methyl sites for hydroxylation is 1. The van der Waals surface area contributed by atoms with Gasteiger partial charge in [0.25, 0.3) is 0 Å². The molecule has 1 aromatic heterocycles. The van der Waals surface area contributed by atoms with Gasteiger partial charge in [-0.3, -0.25) is 0 Å². The van der Waals surface area contributed by atoms with Crippen molar-refractivity contribution in [3.05, 3.63) is 71.9 Å². The normalized spacial score (nSPS) is 10.8. The molecule has 112 valence electrons. The quantitative estimate of drug-likeness (QED) is 0.693. The monoisotopic (exact) mass is 293 g/mol. The van der Waals surface area contributed by atoms with E-state index in [0.29, 0.717) is 0 Å². The molecule has 0 saturated heterocycles. The van der Waals surface area contributed by atoms with Gasteiger partial charge in [-0.2, -0.15) is 0 Å². The molecule has 3 nitrogen and oxygen atoms in total. The molecule has 0 bridgehead atoms. The van der Waals surface area contributed by atoms with Gasteiger partial charge in [0.05, 0.1) is 5.52 Å². The minimum absolute atomic E-state index is 0.289. The Hall–Kier alpha value is -2.55. The number of nitrogens with zero attached hydrogens (tertiary/aromatic N) is 1. The number of fused-ring (bicyclic) bond motifs is 1. The maximum Gasteiger partial charge on any atom is 0.419 e. The summed E-state index contributed by atoms with van der Waals surface area (Å²) in [7, 11) is 0. The first kappa shape index (κ1) is 14.4. The molecule has 3 aromatic rings. The molecule has 3 rings (SSSR count). The van der Waals surface area contributed by atoms with Crippen molar-refractivity contribution < 1.29 is 9.53 Å². The van der Waals surface area contributed by atoms with Gasteiger partial charge in [0.15, 0.2) is 0 Å². The largest absolute Gasteiger partial charge is 0.444 e. The van der Waals surface area contributed by atoms with Gasteiger partial charge in [0.2, 0.25) is 0 Å². The number of carbonyl (C=O) groups is 1. The highest BCUT2D eigenvalue weighted by Gasteiger charge is 2.15. The minimum Gasteiger partial charge on any atom is -0.444 e. The summed E-state index contributed by atoms with van der Waals surface area (Å²) in [5.74, 6) is 0. The SMILES string of the molecule is CCCc1cc2ccccc2n1C(=O)OCc1ccccc1. The van der Waals surface area contributed by atoms with Crippen molar-refractivity contribution in [1.29, 1.82) is 0 Å². The molecule has 3 heteroatoms. The summed E-state index contributed by atoms with van der Waals surface area (Å²) in [6.07, 6.45) is 1.53. The fraction of sp³-hybridized carbons (Fsp3) is 0.211. The first-order chi connectivity index (χ1) is 10.8. The minimum atomic E-state index is -0.312. The summed E-state index contributed by atoms with van der Waals surface area (Å²) in [5.41, 5.74) is 2.90. The molecule has 0 fully saturated rings. The summed E-state index contributed by atoms with van der Waals surface area (Å²) in [6, 6.07) is 19.7. The van der Waals surface area contributed by atoms with Gasteiger partial charge in [0.1, 0.15) is 6.61 Å². The van der Waals surface area contributed by atoms with Crippen molar-refractivity contribution in [2.45, 2.75) is 26.4 Å². The highest BCUT2D eigenvalue weighted by atomic mass is 16.5. The Morgan fingerprint density at radius 3 is 2.55 bits per heavy atom. The van der Waals surface area contributed by atoms with E-state index in [2.05, 4.69) is 13.0 Å². The highest BCUT2D eigenvalue weighted by Crippen LogP contribution is 2.21. The van der Waals surface area contributed by atoms with Crippen LogP contribution in [0.4, 0.5) is 4.79 Å². The van der Waals surface area contributed by atoms with Gasteiger partial charge in [-0.15, -0.1) is 0 Å². The van der Waals surface area contributed by atoms with Crippen molar-refractivity contribution in [3.63, 3.8) is 0 Å². The number of ether oxygens (including phenoxy) is 1. The topological polar surface area (TPSA) is 31.2 Å². The third-order valence-corrected chi connectivity index (χ3v) is 3.68. The summed E-state index contributed by atoms with van der Waals surface area (Å²) < 4.78 is 7.19. The van der Waals surface area contributed by atoms with E-state index in [4.69, 9.17) is 4.74 Å². The van der Waals surface area contributed by atoms with Crippen molar-refractivity contribution >= 4 is 17.0 Å². The lowest BCUT2D eigenvalue weighted by Crippen LogP contribution is -2.16. The van der Waals surface area contributed by atoms with Gasteiger partial charge < -0.3 is 4.74 Å². The second-order valence-electron chi connectivity index (χ2n) is 5.32. The average Bonchev–Trinajstić information content (AvgIpc) is 2.92. The summed E-state index contributed by atoms with van der Waals surface area (Å²) in [5, 5.41) is 1.07. The van der Waals surface area contributed by atoms with E-state index in [0.717, 1.165) is 35.0 Å². The molecule has 0 radical (unpaired) electrons.